The number of carboxylic acids is 1. The van der Waals surface area contributed by atoms with Crippen molar-refractivity contribution in [3.8, 4) is 5.75 Å². The highest BCUT2D eigenvalue weighted by molar-refractivity contribution is 5.96. The predicted octanol–water partition coefficient (Wildman–Crippen LogP) is 3.93. The highest BCUT2D eigenvalue weighted by Gasteiger charge is 2.18. The zero-order chi connectivity index (χ0) is 22.7. The van der Waals surface area contributed by atoms with Crippen molar-refractivity contribution in [3.05, 3.63) is 76.9 Å². The molecule has 166 valence electrons. The van der Waals surface area contributed by atoms with Crippen LogP contribution in [0.4, 0.5) is 0 Å². The van der Waals surface area contributed by atoms with E-state index in [9.17, 15) is 19.8 Å². The molecule has 1 heterocycles. The number of hydrogen-bond acceptors (Lipinski definition) is 6. The van der Waals surface area contributed by atoms with Crippen LogP contribution in [0.1, 0.15) is 57.2 Å². The number of carboxylic acid groups (broad SMARTS) is 1. The highest BCUT2D eigenvalue weighted by Crippen LogP contribution is 2.33. The number of hydrogen-bond donors (Lipinski definition) is 3. The van der Waals surface area contributed by atoms with Gasteiger partial charge < -0.3 is 20.1 Å². The van der Waals surface area contributed by atoms with E-state index in [0.29, 0.717) is 21.9 Å². The molecule has 1 aliphatic heterocycles. The molecule has 1 saturated heterocycles. The fourth-order valence-electron chi connectivity index (χ4n) is 3.96. The van der Waals surface area contributed by atoms with Crippen LogP contribution in [0.2, 0.25) is 0 Å². The van der Waals surface area contributed by atoms with Crippen LogP contribution in [-0.2, 0) is 4.74 Å². The standard InChI is InChI=1S/C25H25NO6/c27-22-14-18-8-9-19(25(31)32-15-26-10-2-1-3-11-26)12-20(18)13-21(22)23(28)16-4-6-17(7-5-16)24(29)30/h4-9,12-14,23,27-28H,1-3,10-11,15H2,(H,29,30). The minimum atomic E-state index is -1.16. The van der Waals surface area contributed by atoms with Crippen LogP contribution < -0.4 is 0 Å². The number of aliphatic hydroxyl groups is 1. The largest absolute Gasteiger partial charge is 0.508 e. The van der Waals surface area contributed by atoms with Crippen LogP contribution >= 0.6 is 0 Å². The summed E-state index contributed by atoms with van der Waals surface area (Å²) in [4.78, 5) is 25.7. The van der Waals surface area contributed by atoms with Gasteiger partial charge in [0.25, 0.3) is 0 Å². The summed E-state index contributed by atoms with van der Waals surface area (Å²) in [6, 6.07) is 14.0. The van der Waals surface area contributed by atoms with Gasteiger partial charge in [-0.25, -0.2) is 9.59 Å². The number of benzene rings is 3. The van der Waals surface area contributed by atoms with E-state index < -0.39 is 18.0 Å². The molecule has 0 aliphatic carbocycles. The van der Waals surface area contributed by atoms with E-state index in [0.717, 1.165) is 25.9 Å². The van der Waals surface area contributed by atoms with Crippen LogP contribution in [0, 0.1) is 0 Å². The molecule has 32 heavy (non-hydrogen) atoms. The lowest BCUT2D eigenvalue weighted by atomic mass is 9.96. The van der Waals surface area contributed by atoms with Crippen molar-refractivity contribution in [2.45, 2.75) is 25.4 Å². The van der Waals surface area contributed by atoms with Crippen LogP contribution in [0.5, 0.6) is 5.75 Å². The van der Waals surface area contributed by atoms with Crippen molar-refractivity contribution in [1.29, 1.82) is 0 Å². The van der Waals surface area contributed by atoms with Gasteiger partial charge in [-0.15, -0.1) is 0 Å². The van der Waals surface area contributed by atoms with Crippen molar-refractivity contribution >= 4 is 22.7 Å². The first-order chi connectivity index (χ1) is 15.4. The summed E-state index contributed by atoms with van der Waals surface area (Å²) in [6.45, 7) is 2.13. The monoisotopic (exact) mass is 435 g/mol. The van der Waals surface area contributed by atoms with E-state index in [-0.39, 0.29) is 23.6 Å². The normalized spacial score (nSPS) is 15.4. The van der Waals surface area contributed by atoms with Gasteiger partial charge in [-0.1, -0.05) is 24.6 Å². The van der Waals surface area contributed by atoms with Crippen LogP contribution in [0.15, 0.2) is 54.6 Å². The number of rotatable bonds is 6. The molecule has 0 amide bonds. The van der Waals surface area contributed by atoms with E-state index >= 15 is 0 Å². The summed E-state index contributed by atoms with van der Waals surface area (Å²) < 4.78 is 5.46. The maximum Gasteiger partial charge on any atom is 0.339 e. The number of fused-ring (bicyclic) bond motifs is 1. The summed E-state index contributed by atoms with van der Waals surface area (Å²) in [5, 5.41) is 31.6. The molecule has 1 unspecified atom stereocenters. The van der Waals surface area contributed by atoms with E-state index in [2.05, 4.69) is 4.90 Å². The number of likely N-dealkylation sites (tertiary alicyclic amines) is 1. The summed E-state index contributed by atoms with van der Waals surface area (Å²) in [5.74, 6) is -1.57. The molecule has 0 radical (unpaired) electrons. The molecule has 0 aromatic heterocycles. The van der Waals surface area contributed by atoms with Crippen molar-refractivity contribution in [1.82, 2.24) is 4.90 Å². The fraction of sp³-hybridized carbons (Fsp3) is 0.280. The molecule has 1 atom stereocenters. The Morgan fingerprint density at radius 2 is 1.59 bits per heavy atom. The number of nitrogens with zero attached hydrogens (tertiary/aromatic N) is 1. The SMILES string of the molecule is O=C(O)c1ccc(C(O)c2cc3cc(C(=O)OCN4CCCCC4)ccc3cc2O)cc1. The number of phenols is 1. The summed E-state index contributed by atoms with van der Waals surface area (Å²) in [7, 11) is 0. The average Bonchev–Trinajstić information content (AvgIpc) is 2.82. The van der Waals surface area contributed by atoms with Crippen molar-refractivity contribution in [2.24, 2.45) is 0 Å². The number of ether oxygens (including phenoxy) is 1. The van der Waals surface area contributed by atoms with Gasteiger partial charge in [0.2, 0.25) is 0 Å². The first kappa shape index (κ1) is 21.8. The topological polar surface area (TPSA) is 107 Å². The molecule has 7 heteroatoms. The smallest absolute Gasteiger partial charge is 0.339 e. The van der Waals surface area contributed by atoms with E-state index in [1.54, 1.807) is 24.3 Å². The molecule has 0 saturated carbocycles. The molecule has 3 N–H and O–H groups in total. The van der Waals surface area contributed by atoms with Crippen molar-refractivity contribution in [2.75, 3.05) is 19.8 Å². The molecule has 4 rings (SSSR count). The van der Waals surface area contributed by atoms with E-state index in [1.807, 2.05) is 0 Å². The van der Waals surface area contributed by atoms with Gasteiger partial charge in [0.05, 0.1) is 11.1 Å². The third-order valence-corrected chi connectivity index (χ3v) is 5.82. The Bertz CT molecular complexity index is 1140. The predicted molar refractivity (Wildman–Crippen MR) is 119 cm³/mol. The average molecular weight is 435 g/mol. The number of piperidine rings is 1. The summed E-state index contributed by atoms with van der Waals surface area (Å²) in [6.07, 6.45) is 2.28. The van der Waals surface area contributed by atoms with Crippen molar-refractivity contribution < 1.29 is 29.6 Å². The molecule has 0 bridgehead atoms. The van der Waals surface area contributed by atoms with Crippen LogP contribution in [-0.4, -0.2) is 52.0 Å². The maximum absolute atomic E-state index is 12.5. The maximum atomic E-state index is 12.5. The number of aromatic hydroxyl groups is 1. The molecule has 1 fully saturated rings. The second kappa shape index (κ2) is 9.38. The van der Waals surface area contributed by atoms with E-state index in [1.165, 1.54) is 36.8 Å². The Morgan fingerprint density at radius 1 is 0.906 bits per heavy atom. The Balaban J connectivity index is 1.55. The van der Waals surface area contributed by atoms with E-state index in [4.69, 9.17) is 9.84 Å². The fourth-order valence-corrected chi connectivity index (χ4v) is 3.96. The molecule has 1 aliphatic rings. The molecular weight excluding hydrogens is 410 g/mol. The number of carbonyl (C=O) groups is 2. The third-order valence-electron chi connectivity index (χ3n) is 5.82. The third kappa shape index (κ3) is 4.74. The van der Waals surface area contributed by atoms with Gasteiger partial charge in [-0.05, 0) is 65.6 Å². The first-order valence-corrected chi connectivity index (χ1v) is 10.6. The van der Waals surface area contributed by atoms with Crippen LogP contribution in [0.25, 0.3) is 10.8 Å². The lowest BCUT2D eigenvalue weighted by molar-refractivity contribution is 0.0171. The molecule has 3 aromatic rings. The molecule has 7 nitrogen and oxygen atoms in total. The summed E-state index contributed by atoms with van der Waals surface area (Å²) in [5.41, 5.74) is 1.21. The first-order valence-electron chi connectivity index (χ1n) is 10.6. The number of aromatic carboxylic acids is 1. The molecule has 0 spiro atoms. The highest BCUT2D eigenvalue weighted by atomic mass is 16.5. The lowest BCUT2D eigenvalue weighted by Crippen LogP contribution is -2.32. The second-order valence-corrected chi connectivity index (χ2v) is 8.04. The van der Waals surface area contributed by atoms with Gasteiger partial charge >= 0.3 is 11.9 Å². The van der Waals surface area contributed by atoms with Crippen molar-refractivity contribution in [3.63, 3.8) is 0 Å². The number of phenolic OH excluding ortho intramolecular Hbond substituents is 1. The molecule has 3 aromatic carbocycles. The molecular formula is C25H25NO6. The zero-order valence-electron chi connectivity index (χ0n) is 17.5. The quantitative estimate of drug-likeness (QED) is 0.504. The Hall–Kier alpha value is -3.42. The number of esters is 1. The zero-order valence-corrected chi connectivity index (χ0v) is 17.5. The second-order valence-electron chi connectivity index (χ2n) is 8.04. The Labute approximate surface area is 185 Å². The Morgan fingerprint density at radius 3 is 2.28 bits per heavy atom. The van der Waals surface area contributed by atoms with Gasteiger partial charge in [0.1, 0.15) is 18.6 Å². The van der Waals surface area contributed by atoms with Crippen LogP contribution in [0.3, 0.4) is 0 Å². The van der Waals surface area contributed by atoms with Gasteiger partial charge in [0.15, 0.2) is 0 Å². The minimum Gasteiger partial charge on any atom is -0.508 e. The van der Waals surface area contributed by atoms with Gasteiger partial charge in [-0.3, -0.25) is 4.90 Å². The minimum absolute atomic E-state index is 0.0901. The Kier molecular flexibility index (Phi) is 6.39. The van der Waals surface area contributed by atoms with Gasteiger partial charge in [0, 0.05) is 18.7 Å². The lowest BCUT2D eigenvalue weighted by Gasteiger charge is -2.25. The summed E-state index contributed by atoms with van der Waals surface area (Å²) >= 11 is 0. The number of aliphatic hydroxyl groups excluding tert-OH is 1. The number of carbonyl (C=O) groups excluding carboxylic acids is 1. The van der Waals surface area contributed by atoms with Gasteiger partial charge in [-0.2, -0.15) is 0 Å².